The van der Waals surface area contributed by atoms with Crippen molar-refractivity contribution in [2.24, 2.45) is 0 Å². The fraction of sp³-hybridized carbons (Fsp3) is 0.917. The number of rotatable bonds is 5. The van der Waals surface area contributed by atoms with Crippen LogP contribution >= 0.6 is 7.60 Å². The average Bonchev–Trinajstić information content (AvgIpc) is 2.49. The molecule has 0 saturated carbocycles. The van der Waals surface area contributed by atoms with E-state index in [1.54, 1.807) is 4.90 Å². The molecule has 0 aromatic rings. The van der Waals surface area contributed by atoms with E-state index in [0.29, 0.717) is 19.4 Å². The van der Waals surface area contributed by atoms with Crippen LogP contribution in [0.25, 0.3) is 0 Å². The first-order valence-corrected chi connectivity index (χ1v) is 8.28. The predicted octanol–water partition coefficient (Wildman–Crippen LogP) is -5.13. The Hall–Kier alpha value is 1.62. The van der Waals surface area contributed by atoms with E-state index in [0.717, 1.165) is 19.3 Å². The standard InChI is InChI=1S/C12H24NO4P.2Na/c1-3-11(9-10(2)18(15,16)17)13-8-6-4-5-7-12(13)14;;/h10-11H,3-9H2,1-2H3,(H2,15,16,17);;/q;2*+1/p-2. The van der Waals surface area contributed by atoms with Crippen LogP contribution in [-0.2, 0) is 9.36 Å². The van der Waals surface area contributed by atoms with Crippen LogP contribution in [0.1, 0.15) is 52.4 Å². The second-order valence-corrected chi connectivity index (χ2v) is 7.05. The zero-order valence-electron chi connectivity index (χ0n) is 13.1. The maximum Gasteiger partial charge on any atom is 1.00 e. The zero-order chi connectivity index (χ0) is 13.8. The normalized spacial score (nSPS) is 19.4. The SMILES string of the molecule is CCC(CC(C)P(=O)([O-])[O-])N1CCCCCC1=O.[Na+].[Na+]. The molecule has 1 heterocycles. The van der Waals surface area contributed by atoms with Gasteiger partial charge in [-0.15, -0.1) is 0 Å². The molecule has 0 bridgehead atoms. The number of amides is 1. The van der Waals surface area contributed by atoms with Gasteiger partial charge in [0.2, 0.25) is 5.91 Å². The largest absolute Gasteiger partial charge is 1.00 e. The fourth-order valence-electron chi connectivity index (χ4n) is 2.43. The van der Waals surface area contributed by atoms with Gasteiger partial charge in [-0.25, -0.2) is 0 Å². The Morgan fingerprint density at radius 1 is 1.25 bits per heavy atom. The van der Waals surface area contributed by atoms with Crippen LogP contribution in [0.4, 0.5) is 0 Å². The molecular weight excluding hydrogens is 299 g/mol. The van der Waals surface area contributed by atoms with E-state index >= 15 is 0 Å². The molecule has 0 aromatic carbocycles. The summed E-state index contributed by atoms with van der Waals surface area (Å²) >= 11 is 0. The fourth-order valence-corrected chi connectivity index (χ4v) is 2.93. The van der Waals surface area contributed by atoms with Crippen molar-refractivity contribution < 1.29 is 78.3 Å². The first-order chi connectivity index (χ1) is 8.36. The Morgan fingerprint density at radius 3 is 2.35 bits per heavy atom. The van der Waals surface area contributed by atoms with Crippen LogP contribution in [-0.4, -0.2) is 29.1 Å². The molecule has 0 N–H and O–H groups in total. The molecule has 106 valence electrons. The van der Waals surface area contributed by atoms with Crippen molar-refractivity contribution in [2.45, 2.75) is 64.1 Å². The van der Waals surface area contributed by atoms with Crippen molar-refractivity contribution in [2.75, 3.05) is 6.54 Å². The van der Waals surface area contributed by atoms with E-state index < -0.39 is 13.3 Å². The number of carbonyl (C=O) groups is 1. The van der Waals surface area contributed by atoms with E-state index in [9.17, 15) is 19.1 Å². The molecule has 1 aliphatic rings. The Balaban J connectivity index is 0. The summed E-state index contributed by atoms with van der Waals surface area (Å²) in [6.45, 7) is 4.05. The summed E-state index contributed by atoms with van der Waals surface area (Å²) in [7, 11) is -4.54. The van der Waals surface area contributed by atoms with E-state index in [-0.39, 0.29) is 77.5 Å². The van der Waals surface area contributed by atoms with Crippen LogP contribution in [0.15, 0.2) is 0 Å². The first-order valence-electron chi connectivity index (χ1n) is 6.67. The minimum Gasteiger partial charge on any atom is -0.811 e. The maximum atomic E-state index is 11.9. The Labute approximate surface area is 166 Å². The van der Waals surface area contributed by atoms with E-state index in [4.69, 9.17) is 0 Å². The summed E-state index contributed by atoms with van der Waals surface area (Å²) in [5, 5.41) is 0. The summed E-state index contributed by atoms with van der Waals surface area (Å²) in [6.07, 6.45) is 4.39. The summed E-state index contributed by atoms with van der Waals surface area (Å²) in [5.41, 5.74) is -0.904. The van der Waals surface area contributed by atoms with Gasteiger partial charge in [-0.3, -0.25) is 4.79 Å². The van der Waals surface area contributed by atoms with Gasteiger partial charge in [0, 0.05) is 19.0 Å². The number of nitrogens with zero attached hydrogens (tertiary/aromatic N) is 1. The quantitative estimate of drug-likeness (QED) is 0.375. The summed E-state index contributed by atoms with van der Waals surface area (Å²) < 4.78 is 11.0. The van der Waals surface area contributed by atoms with Gasteiger partial charge >= 0.3 is 59.1 Å². The molecular formula is C12H22NNa2O4P. The van der Waals surface area contributed by atoms with Crippen LogP contribution in [0.5, 0.6) is 0 Å². The molecule has 1 aliphatic heterocycles. The van der Waals surface area contributed by atoms with Gasteiger partial charge in [0.15, 0.2) is 0 Å². The van der Waals surface area contributed by atoms with Gasteiger partial charge in [0.1, 0.15) is 0 Å². The number of hydrogen-bond acceptors (Lipinski definition) is 4. The minimum absolute atomic E-state index is 0. The van der Waals surface area contributed by atoms with Gasteiger partial charge < -0.3 is 19.3 Å². The number of carbonyl (C=O) groups excluding carboxylic acids is 1. The molecule has 1 fully saturated rings. The molecule has 0 radical (unpaired) electrons. The van der Waals surface area contributed by atoms with Crippen molar-refractivity contribution in [1.82, 2.24) is 4.90 Å². The molecule has 0 aliphatic carbocycles. The molecule has 1 saturated heterocycles. The van der Waals surface area contributed by atoms with E-state index in [2.05, 4.69) is 0 Å². The molecule has 2 unspecified atom stereocenters. The number of likely N-dealkylation sites (tertiary alicyclic amines) is 1. The van der Waals surface area contributed by atoms with Gasteiger partial charge in [-0.1, -0.05) is 27.9 Å². The van der Waals surface area contributed by atoms with Crippen molar-refractivity contribution in [3.8, 4) is 0 Å². The third-order valence-electron chi connectivity index (χ3n) is 3.68. The van der Waals surface area contributed by atoms with E-state index in [1.807, 2.05) is 6.92 Å². The predicted molar refractivity (Wildman–Crippen MR) is 65.9 cm³/mol. The average molecular weight is 321 g/mol. The van der Waals surface area contributed by atoms with Gasteiger partial charge in [0.25, 0.3) is 0 Å². The zero-order valence-corrected chi connectivity index (χ0v) is 18.0. The Bertz CT molecular complexity index is 337. The van der Waals surface area contributed by atoms with Gasteiger partial charge in [0.05, 0.1) is 0 Å². The molecule has 5 nitrogen and oxygen atoms in total. The second kappa shape index (κ2) is 11.2. The third-order valence-corrected chi connectivity index (χ3v) is 4.97. The molecule has 1 rings (SSSR count). The van der Waals surface area contributed by atoms with Crippen LogP contribution in [0.2, 0.25) is 0 Å². The van der Waals surface area contributed by atoms with Crippen LogP contribution in [0, 0.1) is 0 Å². The molecule has 0 aromatic heterocycles. The summed E-state index contributed by atoms with van der Waals surface area (Å²) in [6, 6.07) is -0.123. The monoisotopic (exact) mass is 321 g/mol. The van der Waals surface area contributed by atoms with Crippen molar-refractivity contribution in [3.05, 3.63) is 0 Å². The smallest absolute Gasteiger partial charge is 0.811 e. The van der Waals surface area contributed by atoms with Crippen molar-refractivity contribution in [3.63, 3.8) is 0 Å². The van der Waals surface area contributed by atoms with Crippen molar-refractivity contribution in [1.29, 1.82) is 0 Å². The Morgan fingerprint density at radius 2 is 1.85 bits per heavy atom. The minimum atomic E-state index is -4.54. The van der Waals surface area contributed by atoms with Gasteiger partial charge in [-0.05, 0) is 31.3 Å². The summed E-state index contributed by atoms with van der Waals surface area (Å²) in [4.78, 5) is 35.7. The topological polar surface area (TPSA) is 83.5 Å². The molecule has 2 atom stereocenters. The maximum absolute atomic E-state index is 11.9. The van der Waals surface area contributed by atoms with Crippen LogP contribution in [0.3, 0.4) is 0 Å². The third kappa shape index (κ3) is 7.75. The van der Waals surface area contributed by atoms with Crippen molar-refractivity contribution >= 4 is 13.5 Å². The Kier molecular flexibility index (Phi) is 13.4. The molecule has 0 spiro atoms. The molecule has 8 heteroatoms. The van der Waals surface area contributed by atoms with E-state index in [1.165, 1.54) is 6.92 Å². The first kappa shape index (κ1) is 23.9. The second-order valence-electron chi connectivity index (χ2n) is 5.08. The summed E-state index contributed by atoms with van der Waals surface area (Å²) in [5.74, 6) is 0.0955. The van der Waals surface area contributed by atoms with Crippen LogP contribution < -0.4 is 68.9 Å². The number of hydrogen-bond donors (Lipinski definition) is 0. The van der Waals surface area contributed by atoms with Gasteiger partial charge in [-0.2, -0.15) is 0 Å². The molecule has 20 heavy (non-hydrogen) atoms. The molecule has 1 amide bonds.